The van der Waals surface area contributed by atoms with Gasteiger partial charge in [-0.3, -0.25) is 15.0 Å². The molecule has 31 heavy (non-hydrogen) atoms. The maximum Gasteiger partial charge on any atom is 2.00 e. The van der Waals surface area contributed by atoms with Crippen molar-refractivity contribution < 1.29 is 41.9 Å². The Balaban J connectivity index is 0.00000300. The second-order valence-corrected chi connectivity index (χ2v) is 7.28. The first-order chi connectivity index (χ1) is 13.5. The number of halogens is 4. The minimum absolute atomic E-state index is 0. The first-order valence-corrected chi connectivity index (χ1v) is 9.80. The van der Waals surface area contributed by atoms with Crippen LogP contribution in [0.2, 0.25) is 10.0 Å². The van der Waals surface area contributed by atoms with Crippen LogP contribution in [0.3, 0.4) is 0 Å². The normalized spacial score (nSPS) is 10.5. The summed E-state index contributed by atoms with van der Waals surface area (Å²) in [6, 6.07) is 17.5. The SMILES string of the molecule is Cc1cccc(Cl)c1N=CCc1cccc(CC=Nc2c(C)cccc2Cl)n1.[Cl-].[Cl-].[Fe+2]. The molecule has 0 aliphatic rings. The number of benzene rings is 2. The summed E-state index contributed by atoms with van der Waals surface area (Å²) in [5, 5.41) is 1.31. The number of aromatic nitrogens is 1. The molecule has 1 heterocycles. The van der Waals surface area contributed by atoms with Crippen LogP contribution in [0.4, 0.5) is 11.4 Å². The number of nitrogens with zero attached hydrogens (tertiary/aromatic N) is 3. The van der Waals surface area contributed by atoms with Crippen LogP contribution in [0.15, 0.2) is 64.6 Å². The molecule has 0 unspecified atom stereocenters. The van der Waals surface area contributed by atoms with Gasteiger partial charge >= 0.3 is 17.1 Å². The Labute approximate surface area is 216 Å². The second kappa shape index (κ2) is 14.6. The third kappa shape index (κ3) is 8.57. The van der Waals surface area contributed by atoms with Gasteiger partial charge in [-0.1, -0.05) is 53.5 Å². The van der Waals surface area contributed by atoms with E-state index < -0.39 is 0 Å². The van der Waals surface area contributed by atoms with Crippen molar-refractivity contribution in [2.45, 2.75) is 26.7 Å². The molecular formula is C23H21Cl4FeN3. The fourth-order valence-electron chi connectivity index (χ4n) is 2.79. The van der Waals surface area contributed by atoms with Crippen LogP contribution < -0.4 is 24.8 Å². The number of rotatable bonds is 6. The summed E-state index contributed by atoms with van der Waals surface area (Å²) in [6.07, 6.45) is 4.97. The molecule has 0 aliphatic heterocycles. The first kappa shape index (κ1) is 29.6. The molecule has 0 amide bonds. The Morgan fingerprint density at radius 3 is 1.48 bits per heavy atom. The van der Waals surface area contributed by atoms with E-state index in [1.165, 1.54) is 0 Å². The van der Waals surface area contributed by atoms with Gasteiger partial charge in [-0.15, -0.1) is 0 Å². The Kier molecular flexibility index (Phi) is 14.0. The van der Waals surface area contributed by atoms with Gasteiger partial charge in [0.25, 0.3) is 0 Å². The summed E-state index contributed by atoms with van der Waals surface area (Å²) in [4.78, 5) is 13.7. The second-order valence-electron chi connectivity index (χ2n) is 6.46. The van der Waals surface area contributed by atoms with Crippen molar-refractivity contribution in [3.05, 3.63) is 87.2 Å². The molecular weight excluding hydrogens is 516 g/mol. The van der Waals surface area contributed by atoms with Crippen LogP contribution in [-0.2, 0) is 29.9 Å². The maximum atomic E-state index is 6.21. The predicted molar refractivity (Wildman–Crippen MR) is 120 cm³/mol. The Hall–Kier alpha value is -1.39. The van der Waals surface area contributed by atoms with Crippen molar-refractivity contribution in [2.75, 3.05) is 0 Å². The van der Waals surface area contributed by atoms with E-state index in [2.05, 4.69) is 15.0 Å². The maximum absolute atomic E-state index is 6.21. The molecule has 1 aromatic heterocycles. The van der Waals surface area contributed by atoms with Gasteiger partial charge in [0.05, 0.1) is 21.4 Å². The third-order valence-corrected chi connectivity index (χ3v) is 4.89. The molecule has 8 heteroatoms. The van der Waals surface area contributed by atoms with E-state index >= 15 is 0 Å². The molecule has 0 saturated carbocycles. The smallest absolute Gasteiger partial charge is 1.00 e. The van der Waals surface area contributed by atoms with Crippen LogP contribution >= 0.6 is 23.2 Å². The molecule has 164 valence electrons. The van der Waals surface area contributed by atoms with Gasteiger partial charge in [-0.05, 0) is 49.2 Å². The fourth-order valence-corrected chi connectivity index (χ4v) is 3.33. The van der Waals surface area contributed by atoms with E-state index in [1.54, 1.807) is 0 Å². The molecule has 3 aromatic rings. The monoisotopic (exact) mass is 535 g/mol. The number of aliphatic imine (C=N–C) groups is 2. The summed E-state index contributed by atoms with van der Waals surface area (Å²) in [7, 11) is 0. The van der Waals surface area contributed by atoms with Gasteiger partial charge < -0.3 is 24.8 Å². The van der Waals surface area contributed by atoms with Gasteiger partial charge in [-0.25, -0.2) is 0 Å². The summed E-state index contributed by atoms with van der Waals surface area (Å²) in [6.45, 7) is 3.99. The topological polar surface area (TPSA) is 37.6 Å². The molecule has 0 spiro atoms. The Morgan fingerprint density at radius 2 is 1.10 bits per heavy atom. The molecule has 0 fully saturated rings. The molecule has 0 radical (unpaired) electrons. The van der Waals surface area contributed by atoms with Crippen molar-refractivity contribution in [1.82, 2.24) is 4.98 Å². The van der Waals surface area contributed by atoms with Crippen molar-refractivity contribution >= 4 is 47.0 Å². The van der Waals surface area contributed by atoms with E-state index in [0.29, 0.717) is 22.9 Å². The van der Waals surface area contributed by atoms with E-state index in [9.17, 15) is 0 Å². The predicted octanol–water partition coefficient (Wildman–Crippen LogP) is 0.901. The van der Waals surface area contributed by atoms with Crippen molar-refractivity contribution in [2.24, 2.45) is 9.98 Å². The number of pyridine rings is 1. The van der Waals surface area contributed by atoms with Gasteiger partial charge in [-0.2, -0.15) is 0 Å². The Morgan fingerprint density at radius 1 is 0.710 bits per heavy atom. The molecule has 0 bridgehead atoms. The largest absolute Gasteiger partial charge is 2.00 e. The number of hydrogen-bond acceptors (Lipinski definition) is 3. The van der Waals surface area contributed by atoms with E-state index in [0.717, 1.165) is 33.9 Å². The molecule has 0 N–H and O–H groups in total. The average Bonchev–Trinajstić information content (AvgIpc) is 2.67. The summed E-state index contributed by atoms with van der Waals surface area (Å²) < 4.78 is 0. The van der Waals surface area contributed by atoms with E-state index in [-0.39, 0.29) is 41.9 Å². The molecule has 3 rings (SSSR count). The van der Waals surface area contributed by atoms with Crippen molar-refractivity contribution in [1.29, 1.82) is 0 Å². The zero-order valence-corrected chi connectivity index (χ0v) is 21.1. The van der Waals surface area contributed by atoms with Gasteiger partial charge in [0, 0.05) is 36.7 Å². The first-order valence-electron chi connectivity index (χ1n) is 9.04. The van der Waals surface area contributed by atoms with E-state index in [4.69, 9.17) is 23.2 Å². The molecule has 0 atom stereocenters. The fraction of sp³-hybridized carbons (Fsp3) is 0.174. The average molecular weight is 537 g/mol. The zero-order chi connectivity index (χ0) is 19.9. The Bertz CT molecular complexity index is 920. The summed E-state index contributed by atoms with van der Waals surface area (Å²) in [5.74, 6) is 0. The van der Waals surface area contributed by atoms with Crippen LogP contribution in [0, 0.1) is 13.8 Å². The van der Waals surface area contributed by atoms with Crippen LogP contribution in [0.25, 0.3) is 0 Å². The van der Waals surface area contributed by atoms with Crippen LogP contribution in [0.1, 0.15) is 22.5 Å². The van der Waals surface area contributed by atoms with Crippen molar-refractivity contribution in [3.8, 4) is 0 Å². The minimum Gasteiger partial charge on any atom is -1.00 e. The van der Waals surface area contributed by atoms with E-state index in [1.807, 2.05) is 80.9 Å². The summed E-state index contributed by atoms with van der Waals surface area (Å²) >= 11 is 12.4. The zero-order valence-electron chi connectivity index (χ0n) is 17.0. The minimum atomic E-state index is 0. The van der Waals surface area contributed by atoms with Gasteiger partial charge in [0.2, 0.25) is 0 Å². The van der Waals surface area contributed by atoms with Crippen LogP contribution in [-0.4, -0.2) is 17.4 Å². The molecule has 0 saturated heterocycles. The molecule has 3 nitrogen and oxygen atoms in total. The van der Waals surface area contributed by atoms with Crippen LogP contribution in [0.5, 0.6) is 0 Å². The molecule has 0 aliphatic carbocycles. The number of aryl methyl sites for hydroxylation is 2. The van der Waals surface area contributed by atoms with Gasteiger partial charge in [0.1, 0.15) is 0 Å². The number of hydrogen-bond donors (Lipinski definition) is 0. The summed E-state index contributed by atoms with van der Waals surface area (Å²) in [5.41, 5.74) is 5.62. The molecule has 2 aromatic carbocycles. The quantitative estimate of drug-likeness (QED) is 0.341. The number of para-hydroxylation sites is 2. The standard InChI is InChI=1S/C23H21Cl2N3.2ClH.Fe/c1-16-6-3-10-20(24)22(16)26-14-12-18-8-5-9-19(28-18)13-15-27-23-17(2)7-4-11-21(23)25;;;/h3-11,14-15H,12-13H2,1-2H3;2*1H;/q;;;+2/p-2. The third-order valence-electron chi connectivity index (χ3n) is 4.28. The van der Waals surface area contributed by atoms with Gasteiger partial charge in [0.15, 0.2) is 0 Å². The van der Waals surface area contributed by atoms with Crippen molar-refractivity contribution in [3.63, 3.8) is 0 Å².